The molecule has 0 fully saturated rings. The van der Waals surface area contributed by atoms with Gasteiger partial charge in [0.25, 0.3) is 0 Å². The molecule has 2 rings (SSSR count). The van der Waals surface area contributed by atoms with E-state index in [-0.39, 0.29) is 11.6 Å². The van der Waals surface area contributed by atoms with Crippen LogP contribution >= 0.6 is 0 Å². The Balaban J connectivity index is 2.32. The molecule has 0 amide bonds. The molecular formula is C14H15F3N4. The lowest BCUT2D eigenvalue weighted by atomic mass is 10.2. The molecule has 0 aliphatic rings. The van der Waals surface area contributed by atoms with Crippen LogP contribution in [0.25, 0.3) is 0 Å². The van der Waals surface area contributed by atoms with Gasteiger partial charge in [0.15, 0.2) is 0 Å². The quantitative estimate of drug-likeness (QED) is 0.942. The largest absolute Gasteiger partial charge is 0.451 e. The van der Waals surface area contributed by atoms with Crippen LogP contribution in [0.2, 0.25) is 0 Å². The van der Waals surface area contributed by atoms with Gasteiger partial charge in [-0.15, -0.1) is 0 Å². The van der Waals surface area contributed by atoms with Crippen LogP contribution in [0.5, 0.6) is 0 Å². The average molecular weight is 296 g/mol. The lowest BCUT2D eigenvalue weighted by Gasteiger charge is -2.23. The van der Waals surface area contributed by atoms with Crippen molar-refractivity contribution in [3.05, 3.63) is 47.8 Å². The molecule has 0 aliphatic carbocycles. The fraction of sp³-hybridized carbons (Fsp3) is 0.286. The minimum Gasteiger partial charge on any atom is -0.384 e. The molecule has 21 heavy (non-hydrogen) atoms. The third-order valence-electron chi connectivity index (χ3n) is 2.91. The zero-order chi connectivity index (χ0) is 15.5. The van der Waals surface area contributed by atoms with E-state index in [1.54, 1.807) is 4.90 Å². The summed E-state index contributed by atoms with van der Waals surface area (Å²) in [5, 5.41) is 0. The lowest BCUT2D eigenvalue weighted by Crippen LogP contribution is -2.25. The van der Waals surface area contributed by atoms with E-state index >= 15 is 0 Å². The minimum atomic E-state index is -4.61. The molecule has 1 heterocycles. The van der Waals surface area contributed by atoms with Crippen LogP contribution in [0.4, 0.5) is 24.8 Å². The number of halogens is 3. The number of nitrogen functional groups attached to an aromatic ring is 1. The van der Waals surface area contributed by atoms with E-state index in [0.717, 1.165) is 5.56 Å². The summed E-state index contributed by atoms with van der Waals surface area (Å²) in [6.07, 6.45) is -4.61. The standard InChI is InChI=1S/C14H15F3N4/c1-2-21(9-10-6-4-3-5-7-10)12-8-11(18)19-13(20-12)14(15,16)17/h3-8H,2,9H2,1H3,(H2,18,19,20). The highest BCUT2D eigenvalue weighted by atomic mass is 19.4. The van der Waals surface area contributed by atoms with E-state index in [9.17, 15) is 13.2 Å². The zero-order valence-electron chi connectivity index (χ0n) is 11.4. The van der Waals surface area contributed by atoms with Crippen LogP contribution in [-0.2, 0) is 12.7 Å². The Bertz CT molecular complexity index is 599. The molecule has 0 saturated heterocycles. The number of nitrogens with zero attached hydrogens (tertiary/aromatic N) is 3. The summed E-state index contributed by atoms with van der Waals surface area (Å²) in [6, 6.07) is 10.8. The molecule has 0 saturated carbocycles. The van der Waals surface area contributed by atoms with Crippen molar-refractivity contribution in [1.29, 1.82) is 0 Å². The van der Waals surface area contributed by atoms with E-state index in [1.807, 2.05) is 37.3 Å². The molecule has 0 bridgehead atoms. The average Bonchev–Trinajstić information content (AvgIpc) is 2.44. The fourth-order valence-electron chi connectivity index (χ4n) is 1.90. The van der Waals surface area contributed by atoms with Crippen molar-refractivity contribution in [3.8, 4) is 0 Å². The monoisotopic (exact) mass is 296 g/mol. The summed E-state index contributed by atoms with van der Waals surface area (Å²) in [5.41, 5.74) is 6.44. The Morgan fingerprint density at radius 3 is 2.38 bits per heavy atom. The molecule has 0 unspecified atom stereocenters. The molecule has 0 spiro atoms. The molecule has 1 aromatic heterocycles. The summed E-state index contributed by atoms with van der Waals surface area (Å²) in [5.74, 6) is -1.25. The van der Waals surface area contributed by atoms with E-state index in [1.165, 1.54) is 6.07 Å². The highest BCUT2D eigenvalue weighted by Gasteiger charge is 2.35. The molecule has 7 heteroatoms. The third kappa shape index (κ3) is 3.84. The van der Waals surface area contributed by atoms with Gasteiger partial charge in [0.05, 0.1) is 0 Å². The van der Waals surface area contributed by atoms with E-state index < -0.39 is 12.0 Å². The molecule has 0 atom stereocenters. The summed E-state index contributed by atoms with van der Waals surface area (Å²) >= 11 is 0. The Labute approximate surface area is 120 Å². The molecule has 2 aromatic rings. The van der Waals surface area contributed by atoms with Gasteiger partial charge < -0.3 is 10.6 Å². The van der Waals surface area contributed by atoms with Gasteiger partial charge in [-0.3, -0.25) is 0 Å². The van der Waals surface area contributed by atoms with Gasteiger partial charge in [0.2, 0.25) is 5.82 Å². The fourth-order valence-corrected chi connectivity index (χ4v) is 1.90. The van der Waals surface area contributed by atoms with E-state index in [4.69, 9.17) is 5.73 Å². The van der Waals surface area contributed by atoms with Crippen LogP contribution in [0.1, 0.15) is 18.3 Å². The first-order valence-corrected chi connectivity index (χ1v) is 6.40. The van der Waals surface area contributed by atoms with Crippen LogP contribution < -0.4 is 10.6 Å². The summed E-state index contributed by atoms with van der Waals surface area (Å²) < 4.78 is 38.2. The van der Waals surface area contributed by atoms with E-state index in [2.05, 4.69) is 9.97 Å². The van der Waals surface area contributed by atoms with Crippen LogP contribution in [0, 0.1) is 0 Å². The van der Waals surface area contributed by atoms with E-state index in [0.29, 0.717) is 13.1 Å². The van der Waals surface area contributed by atoms with Crippen molar-refractivity contribution in [2.75, 3.05) is 17.2 Å². The molecule has 112 valence electrons. The van der Waals surface area contributed by atoms with Gasteiger partial charge in [-0.05, 0) is 12.5 Å². The summed E-state index contributed by atoms with van der Waals surface area (Å²) in [7, 11) is 0. The zero-order valence-corrected chi connectivity index (χ0v) is 11.4. The minimum absolute atomic E-state index is 0.168. The summed E-state index contributed by atoms with van der Waals surface area (Å²) in [6.45, 7) is 2.79. The predicted octanol–water partition coefficient (Wildman–Crippen LogP) is 3.10. The number of hydrogen-bond acceptors (Lipinski definition) is 4. The molecular weight excluding hydrogens is 281 g/mol. The number of aromatic nitrogens is 2. The normalized spacial score (nSPS) is 11.4. The van der Waals surface area contributed by atoms with Gasteiger partial charge in [-0.25, -0.2) is 9.97 Å². The summed E-state index contributed by atoms with van der Waals surface area (Å²) in [4.78, 5) is 8.54. The maximum absolute atomic E-state index is 12.7. The maximum Gasteiger partial charge on any atom is 0.451 e. The second-order valence-electron chi connectivity index (χ2n) is 4.47. The Kier molecular flexibility index (Phi) is 4.30. The first-order chi connectivity index (χ1) is 9.90. The first kappa shape index (κ1) is 15.1. The van der Waals surface area contributed by atoms with Gasteiger partial charge in [-0.2, -0.15) is 13.2 Å². The second kappa shape index (κ2) is 5.99. The van der Waals surface area contributed by atoms with Gasteiger partial charge in [0, 0.05) is 19.2 Å². The second-order valence-corrected chi connectivity index (χ2v) is 4.47. The SMILES string of the molecule is CCN(Cc1ccccc1)c1cc(N)nc(C(F)(F)F)n1. The smallest absolute Gasteiger partial charge is 0.384 e. The predicted molar refractivity (Wildman–Crippen MR) is 74.6 cm³/mol. The molecule has 4 nitrogen and oxygen atoms in total. The Morgan fingerprint density at radius 2 is 1.81 bits per heavy atom. The van der Waals surface area contributed by atoms with Crippen molar-refractivity contribution in [2.45, 2.75) is 19.6 Å². The number of hydrogen-bond donors (Lipinski definition) is 1. The molecule has 1 aromatic carbocycles. The van der Waals surface area contributed by atoms with Crippen molar-refractivity contribution < 1.29 is 13.2 Å². The maximum atomic E-state index is 12.7. The highest BCUT2D eigenvalue weighted by molar-refractivity contribution is 5.47. The van der Waals surface area contributed by atoms with Gasteiger partial charge in [0.1, 0.15) is 11.6 Å². The van der Waals surface area contributed by atoms with Crippen molar-refractivity contribution in [3.63, 3.8) is 0 Å². The topological polar surface area (TPSA) is 55.0 Å². The Hall–Kier alpha value is -2.31. The number of alkyl halides is 3. The van der Waals surface area contributed by atoms with Gasteiger partial charge >= 0.3 is 6.18 Å². The number of anilines is 2. The Morgan fingerprint density at radius 1 is 1.14 bits per heavy atom. The number of rotatable bonds is 4. The molecule has 0 aliphatic heterocycles. The van der Waals surface area contributed by atoms with Crippen LogP contribution in [0.15, 0.2) is 36.4 Å². The first-order valence-electron chi connectivity index (χ1n) is 6.40. The highest BCUT2D eigenvalue weighted by Crippen LogP contribution is 2.28. The molecule has 2 N–H and O–H groups in total. The van der Waals surface area contributed by atoms with Crippen molar-refractivity contribution in [2.24, 2.45) is 0 Å². The third-order valence-corrected chi connectivity index (χ3v) is 2.91. The van der Waals surface area contributed by atoms with Crippen LogP contribution in [-0.4, -0.2) is 16.5 Å². The number of nitrogens with two attached hydrogens (primary N) is 1. The molecule has 0 radical (unpaired) electrons. The van der Waals surface area contributed by atoms with Crippen molar-refractivity contribution >= 4 is 11.6 Å². The van der Waals surface area contributed by atoms with Crippen molar-refractivity contribution in [1.82, 2.24) is 9.97 Å². The van der Waals surface area contributed by atoms with Crippen LogP contribution in [0.3, 0.4) is 0 Å². The number of benzene rings is 1. The van der Waals surface area contributed by atoms with Gasteiger partial charge in [-0.1, -0.05) is 30.3 Å². The lowest BCUT2D eigenvalue weighted by molar-refractivity contribution is -0.144.